The monoisotopic (exact) mass is 434 g/mol. The average molecular weight is 435 g/mol. The molecule has 4 unspecified atom stereocenters. The van der Waals surface area contributed by atoms with Crippen LogP contribution in [0.4, 0.5) is 0 Å². The molecule has 4 rings (SSSR count). The molecule has 32 heavy (non-hydrogen) atoms. The maximum Gasteiger partial charge on any atom is 0.338 e. The van der Waals surface area contributed by atoms with Crippen molar-refractivity contribution >= 4 is 11.9 Å². The van der Waals surface area contributed by atoms with Gasteiger partial charge in [0.2, 0.25) is 0 Å². The zero-order chi connectivity index (χ0) is 22.7. The van der Waals surface area contributed by atoms with Crippen molar-refractivity contribution in [2.75, 3.05) is 0 Å². The molecular weight excluding hydrogens is 400 g/mol. The van der Waals surface area contributed by atoms with Crippen LogP contribution < -0.4 is 0 Å². The Kier molecular flexibility index (Phi) is 6.98. The van der Waals surface area contributed by atoms with Crippen LogP contribution >= 0.6 is 0 Å². The molecule has 0 bridgehead atoms. The lowest BCUT2D eigenvalue weighted by atomic mass is 9.70. The number of benzene rings is 2. The SMILES string of the molecule is Cc1ccccc1C(=O)OC1CC(C)C(C2CCCC2)CC1OC(=O)c1ccccc1C. The highest BCUT2D eigenvalue weighted by Crippen LogP contribution is 2.44. The minimum atomic E-state index is -0.428. The molecule has 4 nitrogen and oxygen atoms in total. The van der Waals surface area contributed by atoms with Gasteiger partial charge in [0.1, 0.15) is 12.2 Å². The second kappa shape index (κ2) is 9.89. The lowest BCUT2D eigenvalue weighted by molar-refractivity contribution is -0.0796. The Bertz CT molecular complexity index is 959. The van der Waals surface area contributed by atoms with E-state index in [0.29, 0.717) is 28.9 Å². The summed E-state index contributed by atoms with van der Waals surface area (Å²) in [5.74, 6) is 0.945. The van der Waals surface area contributed by atoms with Crippen molar-refractivity contribution in [3.8, 4) is 0 Å². The van der Waals surface area contributed by atoms with Gasteiger partial charge < -0.3 is 9.47 Å². The van der Waals surface area contributed by atoms with E-state index in [9.17, 15) is 9.59 Å². The first kappa shape index (κ1) is 22.6. The van der Waals surface area contributed by atoms with Gasteiger partial charge in [-0.2, -0.15) is 0 Å². The highest BCUT2D eigenvalue weighted by molar-refractivity contribution is 5.92. The number of aryl methyl sites for hydroxylation is 2. The van der Waals surface area contributed by atoms with Crippen molar-refractivity contribution in [2.24, 2.45) is 17.8 Å². The zero-order valence-corrected chi connectivity index (χ0v) is 19.4. The summed E-state index contributed by atoms with van der Waals surface area (Å²) >= 11 is 0. The minimum Gasteiger partial charge on any atom is -0.455 e. The fraction of sp³-hybridized carbons (Fsp3) is 0.500. The summed E-state index contributed by atoms with van der Waals surface area (Å²) in [7, 11) is 0. The number of carbonyl (C=O) groups is 2. The summed E-state index contributed by atoms with van der Waals surface area (Å²) in [6, 6.07) is 14.9. The lowest BCUT2D eigenvalue weighted by Gasteiger charge is -2.41. The first-order chi connectivity index (χ1) is 15.4. The van der Waals surface area contributed by atoms with Crippen LogP contribution in [-0.4, -0.2) is 24.1 Å². The van der Waals surface area contributed by atoms with Gasteiger partial charge in [-0.3, -0.25) is 0 Å². The topological polar surface area (TPSA) is 52.6 Å². The second-order valence-corrected chi connectivity index (χ2v) is 9.67. The molecule has 2 aromatic rings. The van der Waals surface area contributed by atoms with Gasteiger partial charge in [0.25, 0.3) is 0 Å². The van der Waals surface area contributed by atoms with Gasteiger partial charge in [0.05, 0.1) is 11.1 Å². The molecule has 170 valence electrons. The number of carbonyl (C=O) groups excluding carboxylic acids is 2. The third-order valence-corrected chi connectivity index (χ3v) is 7.51. The van der Waals surface area contributed by atoms with E-state index in [2.05, 4.69) is 6.92 Å². The molecule has 0 spiro atoms. The third-order valence-electron chi connectivity index (χ3n) is 7.51. The number of hydrogen-bond donors (Lipinski definition) is 0. The highest BCUT2D eigenvalue weighted by atomic mass is 16.6. The standard InChI is InChI=1S/C28H34O4/c1-18-10-4-8-14-22(18)27(29)31-25-16-20(3)24(21-12-6-7-13-21)17-26(25)32-28(30)23-15-9-5-11-19(23)2/h4-5,8-11,14-15,20-21,24-26H,6-7,12-13,16-17H2,1-3H3. The van der Waals surface area contributed by atoms with E-state index >= 15 is 0 Å². The molecule has 0 amide bonds. The van der Waals surface area contributed by atoms with Gasteiger partial charge in [-0.15, -0.1) is 0 Å². The van der Waals surface area contributed by atoms with E-state index < -0.39 is 12.2 Å². The fourth-order valence-corrected chi connectivity index (χ4v) is 5.64. The Balaban J connectivity index is 1.55. The van der Waals surface area contributed by atoms with Crippen molar-refractivity contribution in [3.05, 3.63) is 70.8 Å². The first-order valence-corrected chi connectivity index (χ1v) is 12.0. The Morgan fingerprint density at radius 1 is 0.750 bits per heavy atom. The molecule has 2 aliphatic rings. The van der Waals surface area contributed by atoms with E-state index in [1.165, 1.54) is 25.7 Å². The average Bonchev–Trinajstić information content (AvgIpc) is 3.30. The number of esters is 2. The minimum absolute atomic E-state index is 0.329. The van der Waals surface area contributed by atoms with Crippen molar-refractivity contribution in [1.82, 2.24) is 0 Å². The summed E-state index contributed by atoms with van der Waals surface area (Å²) in [5.41, 5.74) is 2.93. The van der Waals surface area contributed by atoms with Crippen LogP contribution in [-0.2, 0) is 9.47 Å². The van der Waals surface area contributed by atoms with Crippen LogP contribution in [0.15, 0.2) is 48.5 Å². The highest BCUT2D eigenvalue weighted by Gasteiger charge is 2.43. The summed E-state index contributed by atoms with van der Waals surface area (Å²) in [6.45, 7) is 6.08. The van der Waals surface area contributed by atoms with Gasteiger partial charge >= 0.3 is 11.9 Å². The molecule has 0 N–H and O–H groups in total. The van der Waals surface area contributed by atoms with Crippen LogP contribution in [0.25, 0.3) is 0 Å². The largest absolute Gasteiger partial charge is 0.455 e. The van der Waals surface area contributed by atoms with Crippen LogP contribution in [0.3, 0.4) is 0 Å². The molecular formula is C28H34O4. The second-order valence-electron chi connectivity index (χ2n) is 9.67. The van der Waals surface area contributed by atoms with Crippen LogP contribution in [0.5, 0.6) is 0 Å². The van der Waals surface area contributed by atoms with Crippen LogP contribution in [0, 0.1) is 31.6 Å². The van der Waals surface area contributed by atoms with Crippen molar-refractivity contribution < 1.29 is 19.1 Å². The molecule has 2 fully saturated rings. The Morgan fingerprint density at radius 2 is 1.22 bits per heavy atom. The fourth-order valence-electron chi connectivity index (χ4n) is 5.64. The van der Waals surface area contributed by atoms with Crippen molar-refractivity contribution in [3.63, 3.8) is 0 Å². The lowest BCUT2D eigenvalue weighted by Crippen LogP contribution is -2.45. The summed E-state index contributed by atoms with van der Waals surface area (Å²) < 4.78 is 12.1. The summed E-state index contributed by atoms with van der Waals surface area (Å²) in [5, 5.41) is 0. The maximum atomic E-state index is 13.0. The predicted molar refractivity (Wildman–Crippen MR) is 125 cm³/mol. The molecule has 0 aromatic heterocycles. The number of rotatable bonds is 5. The van der Waals surface area contributed by atoms with Gasteiger partial charge in [0.15, 0.2) is 0 Å². The smallest absolute Gasteiger partial charge is 0.338 e. The van der Waals surface area contributed by atoms with E-state index in [-0.39, 0.29) is 11.9 Å². The molecule has 0 saturated heterocycles. The van der Waals surface area contributed by atoms with E-state index in [0.717, 1.165) is 24.0 Å². The molecule has 0 radical (unpaired) electrons. The van der Waals surface area contributed by atoms with Crippen molar-refractivity contribution in [2.45, 2.75) is 71.5 Å². The van der Waals surface area contributed by atoms with Crippen LogP contribution in [0.1, 0.15) is 77.3 Å². The molecule has 0 aliphatic heterocycles. The maximum absolute atomic E-state index is 13.0. The predicted octanol–water partition coefficient (Wildman–Crippen LogP) is 6.29. The normalized spacial score (nSPS) is 26.0. The Hall–Kier alpha value is -2.62. The molecule has 4 atom stereocenters. The Labute approximate surface area is 191 Å². The molecule has 2 saturated carbocycles. The quantitative estimate of drug-likeness (QED) is 0.519. The van der Waals surface area contributed by atoms with E-state index in [1.54, 1.807) is 12.1 Å². The molecule has 0 heterocycles. The summed E-state index contributed by atoms with van der Waals surface area (Å²) in [4.78, 5) is 26.0. The number of ether oxygens (including phenoxy) is 2. The van der Waals surface area contributed by atoms with E-state index in [1.807, 2.05) is 50.2 Å². The van der Waals surface area contributed by atoms with Gasteiger partial charge in [-0.25, -0.2) is 9.59 Å². The molecule has 2 aliphatic carbocycles. The van der Waals surface area contributed by atoms with Crippen LogP contribution in [0.2, 0.25) is 0 Å². The Morgan fingerprint density at radius 3 is 1.72 bits per heavy atom. The van der Waals surface area contributed by atoms with Gasteiger partial charge in [-0.05, 0) is 67.7 Å². The van der Waals surface area contributed by atoms with E-state index in [4.69, 9.17) is 9.47 Å². The zero-order valence-electron chi connectivity index (χ0n) is 19.4. The first-order valence-electron chi connectivity index (χ1n) is 12.0. The molecule has 2 aromatic carbocycles. The van der Waals surface area contributed by atoms with Crippen molar-refractivity contribution in [1.29, 1.82) is 0 Å². The van der Waals surface area contributed by atoms with Gasteiger partial charge in [-0.1, -0.05) is 69.0 Å². The summed E-state index contributed by atoms with van der Waals surface area (Å²) in [6.07, 6.45) is 5.71. The van der Waals surface area contributed by atoms with Gasteiger partial charge in [0, 0.05) is 0 Å². The molecule has 4 heteroatoms. The third kappa shape index (κ3) is 4.90. The number of hydrogen-bond acceptors (Lipinski definition) is 4.